The molecule has 2 amide bonds. The molecule has 2 rings (SSSR count). The maximum Gasteiger partial charge on any atom is 0.315 e. The highest BCUT2D eigenvalue weighted by molar-refractivity contribution is 7.85. The molecule has 8 heteroatoms. The minimum absolute atomic E-state index is 0.0803. The zero-order chi connectivity index (χ0) is 14.6. The Hall–Kier alpha value is -0.860. The van der Waals surface area contributed by atoms with Gasteiger partial charge in [-0.1, -0.05) is 25.7 Å². The number of hydrogen-bond donors (Lipinski definition) is 3. The first-order chi connectivity index (χ1) is 9.46. The molecule has 20 heavy (non-hydrogen) atoms. The Kier molecular flexibility index (Phi) is 5.22. The maximum atomic E-state index is 11.2. The van der Waals surface area contributed by atoms with Crippen LogP contribution >= 0.6 is 0 Å². The van der Waals surface area contributed by atoms with Crippen LogP contribution in [0.5, 0.6) is 0 Å². The Labute approximate surface area is 119 Å². The Morgan fingerprint density at radius 3 is 2.60 bits per heavy atom. The molecule has 116 valence electrons. The molecule has 0 aliphatic carbocycles. The zero-order valence-corrected chi connectivity index (χ0v) is 12.2. The van der Waals surface area contributed by atoms with Crippen molar-refractivity contribution in [1.82, 2.24) is 10.6 Å². The van der Waals surface area contributed by atoms with Gasteiger partial charge in [0.2, 0.25) is 0 Å². The molecule has 7 nitrogen and oxygen atoms in total. The topological polar surface area (TPSA) is 105 Å². The fourth-order valence-electron chi connectivity index (χ4n) is 2.80. The van der Waals surface area contributed by atoms with Crippen LogP contribution in [-0.2, 0) is 14.9 Å². The summed E-state index contributed by atoms with van der Waals surface area (Å²) >= 11 is 0. The summed E-state index contributed by atoms with van der Waals surface area (Å²) in [6.45, 7) is 0.572. The Bertz CT molecular complexity index is 439. The molecule has 0 radical (unpaired) electrons. The summed E-state index contributed by atoms with van der Waals surface area (Å²) < 4.78 is 35.3. The van der Waals surface area contributed by atoms with Crippen molar-refractivity contribution < 1.29 is 22.5 Å². The molecule has 0 aromatic heterocycles. The molecule has 2 fully saturated rings. The molecule has 2 aliphatic heterocycles. The SMILES string of the molecule is O=C1NC2COC(CCCCCCCS(=O)(=O)O)C2N1. The third-order valence-electron chi connectivity index (χ3n) is 3.83. The smallest absolute Gasteiger partial charge is 0.315 e. The summed E-state index contributed by atoms with van der Waals surface area (Å²) in [5, 5.41) is 5.70. The quantitative estimate of drug-likeness (QED) is 0.451. The van der Waals surface area contributed by atoms with E-state index in [1.807, 2.05) is 0 Å². The van der Waals surface area contributed by atoms with Crippen molar-refractivity contribution in [2.45, 2.75) is 56.7 Å². The van der Waals surface area contributed by atoms with Crippen molar-refractivity contribution in [1.29, 1.82) is 0 Å². The summed E-state index contributed by atoms with van der Waals surface area (Å²) in [6.07, 6.45) is 5.23. The van der Waals surface area contributed by atoms with Crippen LogP contribution in [0.2, 0.25) is 0 Å². The Morgan fingerprint density at radius 2 is 1.85 bits per heavy atom. The van der Waals surface area contributed by atoms with Gasteiger partial charge < -0.3 is 15.4 Å². The van der Waals surface area contributed by atoms with Crippen molar-refractivity contribution >= 4 is 16.1 Å². The number of fused-ring (bicyclic) bond motifs is 1. The number of nitrogens with one attached hydrogen (secondary N) is 2. The number of hydrogen-bond acceptors (Lipinski definition) is 4. The molecule has 2 heterocycles. The van der Waals surface area contributed by atoms with E-state index in [2.05, 4.69) is 10.6 Å². The van der Waals surface area contributed by atoms with E-state index in [-0.39, 0.29) is 30.0 Å². The summed E-state index contributed by atoms with van der Waals surface area (Å²) in [4.78, 5) is 11.2. The number of unbranched alkanes of at least 4 members (excludes halogenated alkanes) is 4. The van der Waals surface area contributed by atoms with Gasteiger partial charge in [-0.3, -0.25) is 4.55 Å². The predicted octanol–water partition coefficient (Wildman–Crippen LogP) is 0.664. The first-order valence-corrected chi connectivity index (χ1v) is 8.70. The third kappa shape index (κ3) is 4.60. The fraction of sp³-hybridized carbons (Fsp3) is 0.917. The van der Waals surface area contributed by atoms with Gasteiger partial charge in [-0.05, 0) is 12.8 Å². The zero-order valence-electron chi connectivity index (χ0n) is 11.4. The van der Waals surface area contributed by atoms with Crippen LogP contribution in [0.1, 0.15) is 38.5 Å². The van der Waals surface area contributed by atoms with Crippen LogP contribution in [-0.4, -0.2) is 49.5 Å². The maximum absolute atomic E-state index is 11.2. The lowest BCUT2D eigenvalue weighted by Gasteiger charge is -2.16. The lowest BCUT2D eigenvalue weighted by atomic mass is 10.0. The highest BCUT2D eigenvalue weighted by Gasteiger charge is 2.42. The molecule has 0 saturated carbocycles. The average molecular weight is 306 g/mol. The van der Waals surface area contributed by atoms with E-state index in [4.69, 9.17) is 9.29 Å². The Morgan fingerprint density at radius 1 is 1.15 bits per heavy atom. The van der Waals surface area contributed by atoms with E-state index in [0.29, 0.717) is 13.0 Å². The molecule has 3 unspecified atom stereocenters. The standard InChI is InChI=1S/C12H22N2O5S/c15-12-13-9-8-19-10(11(9)14-12)6-4-2-1-3-5-7-20(16,17)18/h9-11H,1-8H2,(H2,13,14,15)(H,16,17,18). The van der Waals surface area contributed by atoms with Crippen LogP contribution in [0.15, 0.2) is 0 Å². The van der Waals surface area contributed by atoms with Crippen LogP contribution in [0.4, 0.5) is 4.79 Å². The molecule has 2 aliphatic rings. The van der Waals surface area contributed by atoms with Gasteiger partial charge in [0.15, 0.2) is 0 Å². The highest BCUT2D eigenvalue weighted by atomic mass is 32.2. The van der Waals surface area contributed by atoms with Gasteiger partial charge in [0, 0.05) is 0 Å². The number of ether oxygens (including phenoxy) is 1. The fourth-order valence-corrected chi connectivity index (χ4v) is 3.37. The van der Waals surface area contributed by atoms with Gasteiger partial charge in [-0.25, -0.2) is 4.79 Å². The van der Waals surface area contributed by atoms with E-state index in [0.717, 1.165) is 32.1 Å². The molecule has 0 spiro atoms. The van der Waals surface area contributed by atoms with Gasteiger partial charge in [0.1, 0.15) is 0 Å². The normalized spacial score (nSPS) is 29.1. The van der Waals surface area contributed by atoms with E-state index in [9.17, 15) is 13.2 Å². The van der Waals surface area contributed by atoms with Crippen molar-refractivity contribution in [3.63, 3.8) is 0 Å². The van der Waals surface area contributed by atoms with Gasteiger partial charge >= 0.3 is 6.03 Å². The molecule has 3 atom stereocenters. The molecule has 2 saturated heterocycles. The van der Waals surface area contributed by atoms with E-state index < -0.39 is 10.1 Å². The number of rotatable bonds is 8. The van der Waals surface area contributed by atoms with E-state index in [1.54, 1.807) is 0 Å². The van der Waals surface area contributed by atoms with E-state index >= 15 is 0 Å². The minimum Gasteiger partial charge on any atom is -0.374 e. The van der Waals surface area contributed by atoms with Crippen molar-refractivity contribution in [2.24, 2.45) is 0 Å². The first-order valence-electron chi connectivity index (χ1n) is 7.09. The average Bonchev–Trinajstić information content (AvgIpc) is 2.86. The number of amides is 2. The van der Waals surface area contributed by atoms with Gasteiger partial charge in [-0.15, -0.1) is 0 Å². The second-order valence-corrected chi connectivity index (χ2v) is 7.04. The number of urea groups is 1. The van der Waals surface area contributed by atoms with Crippen LogP contribution in [0.3, 0.4) is 0 Å². The summed E-state index contributed by atoms with van der Waals surface area (Å²) in [7, 11) is -3.81. The summed E-state index contributed by atoms with van der Waals surface area (Å²) in [5.74, 6) is -0.153. The van der Waals surface area contributed by atoms with Crippen LogP contribution in [0, 0.1) is 0 Å². The molecular weight excluding hydrogens is 284 g/mol. The summed E-state index contributed by atoms with van der Waals surface area (Å²) in [6, 6.07) is 0.0720. The van der Waals surface area contributed by atoms with Crippen LogP contribution < -0.4 is 10.6 Å². The first kappa shape index (κ1) is 15.5. The molecular formula is C12H22N2O5S. The van der Waals surface area contributed by atoms with Crippen molar-refractivity contribution in [3.8, 4) is 0 Å². The van der Waals surface area contributed by atoms with Gasteiger partial charge in [0.25, 0.3) is 10.1 Å². The minimum atomic E-state index is -3.81. The van der Waals surface area contributed by atoms with E-state index in [1.165, 1.54) is 0 Å². The van der Waals surface area contributed by atoms with Crippen LogP contribution in [0.25, 0.3) is 0 Å². The third-order valence-corrected chi connectivity index (χ3v) is 4.63. The molecule has 0 aromatic carbocycles. The van der Waals surface area contributed by atoms with Gasteiger partial charge in [0.05, 0.1) is 30.5 Å². The van der Waals surface area contributed by atoms with Crippen molar-refractivity contribution in [3.05, 3.63) is 0 Å². The highest BCUT2D eigenvalue weighted by Crippen LogP contribution is 2.23. The Balaban J connectivity index is 1.53. The molecule has 0 aromatic rings. The van der Waals surface area contributed by atoms with Crippen molar-refractivity contribution in [2.75, 3.05) is 12.4 Å². The number of carbonyl (C=O) groups excluding carboxylic acids is 1. The molecule has 0 bridgehead atoms. The summed E-state index contributed by atoms with van der Waals surface area (Å²) in [5.41, 5.74) is 0. The second-order valence-electron chi connectivity index (χ2n) is 5.46. The second kappa shape index (κ2) is 6.73. The lowest BCUT2D eigenvalue weighted by molar-refractivity contribution is 0.0874. The molecule has 3 N–H and O–H groups in total. The van der Waals surface area contributed by atoms with Gasteiger partial charge in [-0.2, -0.15) is 8.42 Å². The number of carbonyl (C=O) groups is 1. The monoisotopic (exact) mass is 306 g/mol. The predicted molar refractivity (Wildman–Crippen MR) is 73.1 cm³/mol. The lowest BCUT2D eigenvalue weighted by Crippen LogP contribution is -2.37. The largest absolute Gasteiger partial charge is 0.374 e.